The van der Waals surface area contributed by atoms with Crippen molar-refractivity contribution in [3.8, 4) is 11.3 Å². The van der Waals surface area contributed by atoms with E-state index in [1.165, 1.54) is 18.2 Å². The van der Waals surface area contributed by atoms with Crippen LogP contribution in [0.3, 0.4) is 0 Å². The summed E-state index contributed by atoms with van der Waals surface area (Å²) in [5, 5.41) is 14.1. The molecule has 0 radical (unpaired) electrons. The van der Waals surface area contributed by atoms with Crippen LogP contribution in [0.1, 0.15) is 21.6 Å². The minimum Gasteiger partial charge on any atom is -0.320 e. The number of aromatic nitrogens is 2. The summed E-state index contributed by atoms with van der Waals surface area (Å²) in [5.74, 6) is -0.390. The monoisotopic (exact) mass is 398 g/mol. The molecule has 4 rings (SSSR count). The molecule has 4 aromatic rings. The fraction of sp³-hybridized carbons (Fsp3) is 0.0870. The molecule has 0 spiro atoms. The minimum atomic E-state index is -0.481. The summed E-state index contributed by atoms with van der Waals surface area (Å²) in [6, 6.07) is 19.2. The molecule has 7 nitrogen and oxygen atoms in total. The lowest BCUT2D eigenvalue weighted by atomic mass is 10.1. The van der Waals surface area contributed by atoms with Crippen molar-refractivity contribution in [3.63, 3.8) is 0 Å². The normalized spacial score (nSPS) is 10.7. The molecule has 148 valence electrons. The highest BCUT2D eigenvalue weighted by atomic mass is 16.6. The number of anilines is 1. The predicted molar refractivity (Wildman–Crippen MR) is 115 cm³/mol. The summed E-state index contributed by atoms with van der Waals surface area (Å²) in [5.41, 5.74) is 4.51. The van der Waals surface area contributed by atoms with Gasteiger partial charge in [0, 0.05) is 23.4 Å². The van der Waals surface area contributed by atoms with Crippen LogP contribution >= 0.6 is 0 Å². The molecule has 30 heavy (non-hydrogen) atoms. The first-order valence-corrected chi connectivity index (χ1v) is 9.33. The fourth-order valence-corrected chi connectivity index (χ4v) is 3.30. The molecular weight excluding hydrogens is 380 g/mol. The summed E-state index contributed by atoms with van der Waals surface area (Å²) in [7, 11) is 0. The molecule has 0 saturated heterocycles. The SMILES string of the molecule is Cc1cccc(C)c1NC(=O)c1nc2ccc([N+](=O)[O-])cc2nc1-c1ccccc1. The molecule has 1 aromatic heterocycles. The van der Waals surface area contributed by atoms with E-state index in [0.29, 0.717) is 22.3 Å². The number of nitrogens with zero attached hydrogens (tertiary/aromatic N) is 3. The van der Waals surface area contributed by atoms with Crippen molar-refractivity contribution in [2.45, 2.75) is 13.8 Å². The molecule has 0 saturated carbocycles. The highest BCUT2D eigenvalue weighted by Crippen LogP contribution is 2.27. The lowest BCUT2D eigenvalue weighted by Crippen LogP contribution is -2.17. The van der Waals surface area contributed by atoms with Crippen molar-refractivity contribution in [1.82, 2.24) is 9.97 Å². The van der Waals surface area contributed by atoms with Crippen LogP contribution in [0, 0.1) is 24.0 Å². The minimum absolute atomic E-state index is 0.0800. The molecule has 0 aliphatic rings. The van der Waals surface area contributed by atoms with Crippen LogP contribution in [0.2, 0.25) is 0 Å². The Hall–Kier alpha value is -4.13. The predicted octanol–water partition coefficient (Wildman–Crippen LogP) is 5.07. The number of hydrogen-bond donors (Lipinski definition) is 1. The van der Waals surface area contributed by atoms with E-state index >= 15 is 0 Å². The Bertz CT molecular complexity index is 1270. The van der Waals surface area contributed by atoms with E-state index < -0.39 is 4.92 Å². The third-order valence-electron chi connectivity index (χ3n) is 4.84. The maximum atomic E-state index is 13.2. The number of carbonyl (C=O) groups excluding carboxylic acids is 1. The van der Waals surface area contributed by atoms with Crippen LogP contribution in [0.15, 0.2) is 66.7 Å². The molecule has 0 aliphatic carbocycles. The number of rotatable bonds is 4. The van der Waals surface area contributed by atoms with Gasteiger partial charge in [-0.05, 0) is 31.0 Å². The van der Waals surface area contributed by atoms with Gasteiger partial charge in [0.2, 0.25) is 0 Å². The van der Waals surface area contributed by atoms with Gasteiger partial charge in [0.05, 0.1) is 16.0 Å². The van der Waals surface area contributed by atoms with Crippen LogP contribution in [0.25, 0.3) is 22.3 Å². The van der Waals surface area contributed by atoms with E-state index in [1.54, 1.807) is 0 Å². The Morgan fingerprint density at radius 3 is 2.27 bits per heavy atom. The van der Waals surface area contributed by atoms with Gasteiger partial charge < -0.3 is 5.32 Å². The van der Waals surface area contributed by atoms with Gasteiger partial charge in [-0.15, -0.1) is 0 Å². The van der Waals surface area contributed by atoms with Crippen LogP contribution in [-0.4, -0.2) is 20.8 Å². The summed E-state index contributed by atoms with van der Waals surface area (Å²) in [4.78, 5) is 32.9. The number of fused-ring (bicyclic) bond motifs is 1. The van der Waals surface area contributed by atoms with E-state index in [4.69, 9.17) is 0 Å². The maximum absolute atomic E-state index is 13.2. The van der Waals surface area contributed by atoms with Gasteiger partial charge in [0.15, 0.2) is 5.69 Å². The van der Waals surface area contributed by atoms with Gasteiger partial charge >= 0.3 is 0 Å². The standard InChI is InChI=1S/C23H18N4O3/c1-14-7-6-8-15(2)20(14)26-23(28)22-21(16-9-4-3-5-10-16)25-19-13-17(27(29)30)11-12-18(19)24-22/h3-13H,1-2H3,(H,26,28). The molecule has 1 amide bonds. The van der Waals surface area contributed by atoms with E-state index in [1.807, 2.05) is 62.4 Å². The maximum Gasteiger partial charge on any atom is 0.276 e. The van der Waals surface area contributed by atoms with Crippen LogP contribution in [0.5, 0.6) is 0 Å². The summed E-state index contributed by atoms with van der Waals surface area (Å²) < 4.78 is 0. The second-order valence-electron chi connectivity index (χ2n) is 6.94. The number of amides is 1. The second-order valence-corrected chi connectivity index (χ2v) is 6.94. The molecule has 3 aromatic carbocycles. The molecule has 0 unspecified atom stereocenters. The van der Waals surface area contributed by atoms with Gasteiger partial charge in [0.25, 0.3) is 11.6 Å². The Balaban J connectivity index is 1.88. The number of nitro groups is 1. The Labute approximate surface area is 172 Å². The van der Waals surface area contributed by atoms with Crippen molar-refractivity contribution in [2.24, 2.45) is 0 Å². The molecule has 0 atom stereocenters. The Kier molecular flexibility index (Phi) is 4.93. The highest BCUT2D eigenvalue weighted by molar-refractivity contribution is 6.08. The van der Waals surface area contributed by atoms with Gasteiger partial charge in [-0.1, -0.05) is 48.5 Å². The second kappa shape index (κ2) is 7.71. The Morgan fingerprint density at radius 2 is 1.60 bits per heavy atom. The van der Waals surface area contributed by atoms with Crippen molar-refractivity contribution < 1.29 is 9.72 Å². The number of non-ortho nitro benzene ring substituents is 1. The number of carbonyl (C=O) groups is 1. The van der Waals surface area contributed by atoms with E-state index in [2.05, 4.69) is 15.3 Å². The van der Waals surface area contributed by atoms with Gasteiger partial charge in [-0.3, -0.25) is 14.9 Å². The summed E-state index contributed by atoms with van der Waals surface area (Å²) in [6.07, 6.45) is 0. The summed E-state index contributed by atoms with van der Waals surface area (Å²) in [6.45, 7) is 3.85. The number of hydrogen-bond acceptors (Lipinski definition) is 5. The first-order chi connectivity index (χ1) is 14.4. The van der Waals surface area contributed by atoms with Crippen molar-refractivity contribution in [2.75, 3.05) is 5.32 Å². The Morgan fingerprint density at radius 1 is 0.900 bits per heavy atom. The molecule has 1 N–H and O–H groups in total. The summed E-state index contributed by atoms with van der Waals surface area (Å²) >= 11 is 0. The van der Waals surface area contributed by atoms with Crippen molar-refractivity contribution in [3.05, 3.63) is 93.7 Å². The highest BCUT2D eigenvalue weighted by Gasteiger charge is 2.20. The molecule has 7 heteroatoms. The lowest BCUT2D eigenvalue weighted by Gasteiger charge is -2.13. The van der Waals surface area contributed by atoms with E-state index in [9.17, 15) is 14.9 Å². The number of benzene rings is 3. The average Bonchev–Trinajstić information content (AvgIpc) is 2.75. The molecule has 1 heterocycles. The first-order valence-electron chi connectivity index (χ1n) is 9.33. The van der Waals surface area contributed by atoms with Gasteiger partial charge in [0.1, 0.15) is 5.69 Å². The quantitative estimate of drug-likeness (QED) is 0.382. The molecule has 0 aliphatic heterocycles. The zero-order chi connectivity index (χ0) is 21.3. The van der Waals surface area contributed by atoms with Crippen LogP contribution in [0.4, 0.5) is 11.4 Å². The molecular formula is C23H18N4O3. The third kappa shape index (κ3) is 3.60. The van der Waals surface area contributed by atoms with Crippen LogP contribution in [-0.2, 0) is 0 Å². The topological polar surface area (TPSA) is 98.0 Å². The molecule has 0 fully saturated rings. The first kappa shape index (κ1) is 19.2. The number of aryl methyl sites for hydroxylation is 2. The van der Waals surface area contributed by atoms with E-state index in [-0.39, 0.29) is 17.3 Å². The van der Waals surface area contributed by atoms with Gasteiger partial charge in [-0.25, -0.2) is 9.97 Å². The zero-order valence-corrected chi connectivity index (χ0v) is 16.4. The number of nitro benzene ring substituents is 1. The van der Waals surface area contributed by atoms with Gasteiger partial charge in [-0.2, -0.15) is 0 Å². The average molecular weight is 398 g/mol. The van der Waals surface area contributed by atoms with E-state index in [0.717, 1.165) is 16.8 Å². The third-order valence-corrected chi connectivity index (χ3v) is 4.84. The van der Waals surface area contributed by atoms with Crippen LogP contribution < -0.4 is 5.32 Å². The van der Waals surface area contributed by atoms with Crippen molar-refractivity contribution in [1.29, 1.82) is 0 Å². The fourth-order valence-electron chi connectivity index (χ4n) is 3.30. The number of nitrogens with one attached hydrogen (secondary N) is 1. The van der Waals surface area contributed by atoms with Crippen molar-refractivity contribution >= 4 is 28.3 Å². The smallest absolute Gasteiger partial charge is 0.276 e. The molecule has 0 bridgehead atoms. The lowest BCUT2D eigenvalue weighted by molar-refractivity contribution is -0.384. The zero-order valence-electron chi connectivity index (χ0n) is 16.4. The number of para-hydroxylation sites is 1. The largest absolute Gasteiger partial charge is 0.320 e.